The number of halogens is 2. The molecule has 0 radical (unpaired) electrons. The molecule has 4 heteroatoms. The molecule has 2 rings (SSSR count). The zero-order valence-corrected chi connectivity index (χ0v) is 11.0. The van der Waals surface area contributed by atoms with Crippen LogP contribution in [0.2, 0.25) is 0 Å². The number of likely N-dealkylation sites (N-methyl/N-ethyl adjacent to an activating group) is 1. The number of rotatable bonds is 4. The molecule has 90 valence electrons. The third-order valence-corrected chi connectivity index (χ3v) is 3.36. The van der Waals surface area contributed by atoms with Crippen LogP contribution >= 0.6 is 15.9 Å². The minimum Gasteiger partial charge on any atom is -0.472 e. The SMILES string of the molecule is CNC(Cc1ccoc1)c1ccc(Br)c(F)c1. The molecule has 1 atom stereocenters. The zero-order chi connectivity index (χ0) is 12.3. The molecule has 0 saturated carbocycles. The Kier molecular flexibility index (Phi) is 3.97. The number of hydrogen-bond donors (Lipinski definition) is 1. The van der Waals surface area contributed by atoms with Gasteiger partial charge >= 0.3 is 0 Å². The molecule has 2 nitrogen and oxygen atoms in total. The van der Waals surface area contributed by atoms with Crippen LogP contribution in [0.5, 0.6) is 0 Å². The van der Waals surface area contributed by atoms with E-state index in [0.717, 1.165) is 17.5 Å². The third kappa shape index (κ3) is 2.96. The van der Waals surface area contributed by atoms with Crippen molar-refractivity contribution >= 4 is 15.9 Å². The van der Waals surface area contributed by atoms with Gasteiger partial charge in [0.25, 0.3) is 0 Å². The Morgan fingerprint density at radius 1 is 1.41 bits per heavy atom. The van der Waals surface area contributed by atoms with E-state index in [2.05, 4.69) is 21.2 Å². The highest BCUT2D eigenvalue weighted by Crippen LogP contribution is 2.23. The van der Waals surface area contributed by atoms with Gasteiger partial charge in [-0.05, 0) is 58.7 Å². The molecule has 0 fully saturated rings. The second kappa shape index (κ2) is 5.47. The maximum atomic E-state index is 13.5. The van der Waals surface area contributed by atoms with E-state index < -0.39 is 0 Å². The summed E-state index contributed by atoms with van der Waals surface area (Å²) in [7, 11) is 1.87. The van der Waals surface area contributed by atoms with Crippen LogP contribution in [0, 0.1) is 5.82 Å². The largest absolute Gasteiger partial charge is 0.472 e. The lowest BCUT2D eigenvalue weighted by atomic mass is 10.0. The van der Waals surface area contributed by atoms with Crippen molar-refractivity contribution in [2.45, 2.75) is 12.5 Å². The van der Waals surface area contributed by atoms with Crippen molar-refractivity contribution in [1.82, 2.24) is 5.32 Å². The summed E-state index contributed by atoms with van der Waals surface area (Å²) in [6.07, 6.45) is 4.12. The van der Waals surface area contributed by atoms with Crippen LogP contribution in [-0.4, -0.2) is 7.05 Å². The Hall–Kier alpha value is -1.13. The Balaban J connectivity index is 2.20. The lowest BCUT2D eigenvalue weighted by Gasteiger charge is -2.16. The molecule has 1 heterocycles. The highest BCUT2D eigenvalue weighted by Gasteiger charge is 2.12. The second-order valence-corrected chi connectivity index (χ2v) is 4.70. The van der Waals surface area contributed by atoms with Gasteiger partial charge in [-0.25, -0.2) is 4.39 Å². The van der Waals surface area contributed by atoms with E-state index in [1.54, 1.807) is 24.7 Å². The van der Waals surface area contributed by atoms with E-state index in [0.29, 0.717) is 4.47 Å². The van der Waals surface area contributed by atoms with Crippen LogP contribution < -0.4 is 5.32 Å². The maximum absolute atomic E-state index is 13.5. The van der Waals surface area contributed by atoms with E-state index in [1.165, 1.54) is 0 Å². The number of furan rings is 1. The molecule has 17 heavy (non-hydrogen) atoms. The van der Waals surface area contributed by atoms with Crippen LogP contribution in [-0.2, 0) is 6.42 Å². The topological polar surface area (TPSA) is 25.2 Å². The molecular formula is C13H13BrFNO. The first-order valence-corrected chi connectivity index (χ1v) is 6.13. The number of nitrogens with one attached hydrogen (secondary N) is 1. The summed E-state index contributed by atoms with van der Waals surface area (Å²) in [5.74, 6) is -0.241. The molecule has 0 saturated heterocycles. The zero-order valence-electron chi connectivity index (χ0n) is 9.41. The monoisotopic (exact) mass is 297 g/mol. The Morgan fingerprint density at radius 2 is 2.24 bits per heavy atom. The van der Waals surface area contributed by atoms with Crippen molar-refractivity contribution < 1.29 is 8.81 Å². The maximum Gasteiger partial charge on any atom is 0.137 e. The van der Waals surface area contributed by atoms with Crippen LogP contribution in [0.1, 0.15) is 17.2 Å². The predicted octanol–water partition coefficient (Wildman–Crippen LogP) is 3.68. The molecule has 2 aromatic rings. The van der Waals surface area contributed by atoms with Crippen LogP contribution in [0.4, 0.5) is 4.39 Å². The summed E-state index contributed by atoms with van der Waals surface area (Å²) in [5.41, 5.74) is 2.02. The molecule has 0 bridgehead atoms. The Labute approximate surface area is 108 Å². The van der Waals surface area contributed by atoms with Gasteiger partial charge in [-0.1, -0.05) is 6.07 Å². The molecule has 1 aromatic carbocycles. The second-order valence-electron chi connectivity index (χ2n) is 3.85. The van der Waals surface area contributed by atoms with E-state index >= 15 is 0 Å². The van der Waals surface area contributed by atoms with Crippen molar-refractivity contribution in [2.24, 2.45) is 0 Å². The van der Waals surface area contributed by atoms with Crippen LogP contribution in [0.15, 0.2) is 45.7 Å². The van der Waals surface area contributed by atoms with E-state index in [1.807, 2.05) is 19.2 Å². The molecule has 0 aliphatic carbocycles. The van der Waals surface area contributed by atoms with Gasteiger partial charge in [0.2, 0.25) is 0 Å². The van der Waals surface area contributed by atoms with Crippen molar-refractivity contribution in [3.8, 4) is 0 Å². The minimum atomic E-state index is -0.241. The first-order valence-electron chi connectivity index (χ1n) is 5.34. The number of benzene rings is 1. The van der Waals surface area contributed by atoms with Crippen molar-refractivity contribution in [3.05, 3.63) is 58.2 Å². The highest BCUT2D eigenvalue weighted by molar-refractivity contribution is 9.10. The fourth-order valence-electron chi connectivity index (χ4n) is 1.76. The summed E-state index contributed by atoms with van der Waals surface area (Å²) in [4.78, 5) is 0. The number of hydrogen-bond acceptors (Lipinski definition) is 2. The molecule has 0 spiro atoms. The van der Waals surface area contributed by atoms with Crippen molar-refractivity contribution in [3.63, 3.8) is 0 Å². The lowest BCUT2D eigenvalue weighted by molar-refractivity contribution is 0.549. The van der Waals surface area contributed by atoms with Gasteiger partial charge in [-0.15, -0.1) is 0 Å². The van der Waals surface area contributed by atoms with Gasteiger partial charge < -0.3 is 9.73 Å². The molecule has 1 aromatic heterocycles. The fourth-order valence-corrected chi connectivity index (χ4v) is 2.01. The molecule has 0 amide bonds. The van der Waals surface area contributed by atoms with Crippen molar-refractivity contribution in [2.75, 3.05) is 7.05 Å². The van der Waals surface area contributed by atoms with Gasteiger partial charge in [-0.3, -0.25) is 0 Å². The molecular weight excluding hydrogens is 285 g/mol. The van der Waals surface area contributed by atoms with E-state index in [-0.39, 0.29) is 11.9 Å². The van der Waals surface area contributed by atoms with E-state index in [4.69, 9.17) is 4.42 Å². The summed E-state index contributed by atoms with van der Waals surface area (Å²) >= 11 is 3.15. The predicted molar refractivity (Wildman–Crippen MR) is 68.3 cm³/mol. The average Bonchev–Trinajstić information content (AvgIpc) is 2.82. The van der Waals surface area contributed by atoms with Gasteiger partial charge in [0.05, 0.1) is 17.0 Å². The fraction of sp³-hybridized carbons (Fsp3) is 0.231. The van der Waals surface area contributed by atoms with Gasteiger partial charge in [0.1, 0.15) is 5.82 Å². The van der Waals surface area contributed by atoms with Crippen LogP contribution in [0.3, 0.4) is 0 Å². The Morgan fingerprint density at radius 3 is 2.82 bits per heavy atom. The quantitative estimate of drug-likeness (QED) is 0.931. The molecule has 0 aliphatic heterocycles. The standard InChI is InChI=1S/C13H13BrFNO/c1-16-13(6-9-4-5-17-8-9)10-2-3-11(14)12(15)7-10/h2-5,7-8,13,16H,6H2,1H3. The molecule has 1 unspecified atom stereocenters. The smallest absolute Gasteiger partial charge is 0.137 e. The third-order valence-electron chi connectivity index (χ3n) is 2.71. The normalized spacial score (nSPS) is 12.6. The summed E-state index contributed by atoms with van der Waals surface area (Å²) in [5, 5.41) is 3.18. The van der Waals surface area contributed by atoms with Gasteiger partial charge in [0, 0.05) is 6.04 Å². The minimum absolute atomic E-state index is 0.0789. The van der Waals surface area contributed by atoms with Crippen LogP contribution in [0.25, 0.3) is 0 Å². The highest BCUT2D eigenvalue weighted by atomic mass is 79.9. The Bertz CT molecular complexity index is 484. The first kappa shape index (κ1) is 12.3. The first-order chi connectivity index (χ1) is 8.20. The molecule has 1 N–H and O–H groups in total. The van der Waals surface area contributed by atoms with Crippen molar-refractivity contribution in [1.29, 1.82) is 0 Å². The van der Waals surface area contributed by atoms with Gasteiger partial charge in [0.15, 0.2) is 0 Å². The average molecular weight is 298 g/mol. The summed E-state index contributed by atoms with van der Waals surface area (Å²) in [6, 6.07) is 7.18. The summed E-state index contributed by atoms with van der Waals surface area (Å²) in [6.45, 7) is 0. The van der Waals surface area contributed by atoms with E-state index in [9.17, 15) is 4.39 Å². The molecule has 0 aliphatic rings. The van der Waals surface area contributed by atoms with Gasteiger partial charge in [-0.2, -0.15) is 0 Å². The lowest BCUT2D eigenvalue weighted by Crippen LogP contribution is -2.18. The summed E-state index contributed by atoms with van der Waals surface area (Å²) < 4.78 is 19.0.